The normalized spacial score (nSPS) is 24.3. The monoisotopic (exact) mass is 266 g/mol. The van der Waals surface area contributed by atoms with Crippen molar-refractivity contribution in [2.24, 2.45) is 17.6 Å². The van der Waals surface area contributed by atoms with Crippen molar-refractivity contribution in [2.75, 3.05) is 20.1 Å². The zero-order valence-corrected chi connectivity index (χ0v) is 12.2. The Morgan fingerprint density at radius 1 is 1.50 bits per heavy atom. The average molecular weight is 267 g/mol. The quantitative estimate of drug-likeness (QED) is 0.887. The fraction of sp³-hybridized carbons (Fsp3) is 0.600. The van der Waals surface area contributed by atoms with Crippen LogP contribution in [0.15, 0.2) is 18.2 Å². The van der Waals surface area contributed by atoms with Gasteiger partial charge in [-0.2, -0.15) is 0 Å². The van der Waals surface area contributed by atoms with Crippen LogP contribution in [-0.4, -0.2) is 25.0 Å². The minimum atomic E-state index is 0.301. The largest absolute Gasteiger partial charge is 0.329 e. The van der Waals surface area contributed by atoms with Crippen molar-refractivity contribution in [1.82, 2.24) is 4.90 Å². The SMILES string of the molecule is Cc1cc(Cl)ccc1C(CN)N(C)CC1CC1C. The number of hydrogen-bond donors (Lipinski definition) is 1. The molecule has 1 aromatic rings. The van der Waals surface area contributed by atoms with Crippen LogP contribution in [0.25, 0.3) is 0 Å². The molecule has 1 aliphatic rings. The third kappa shape index (κ3) is 3.05. The van der Waals surface area contributed by atoms with Crippen LogP contribution in [0.5, 0.6) is 0 Å². The van der Waals surface area contributed by atoms with E-state index in [9.17, 15) is 0 Å². The Balaban J connectivity index is 2.11. The summed E-state index contributed by atoms with van der Waals surface area (Å²) in [5.41, 5.74) is 8.50. The van der Waals surface area contributed by atoms with Crippen LogP contribution in [0.2, 0.25) is 5.02 Å². The van der Waals surface area contributed by atoms with Gasteiger partial charge in [0.2, 0.25) is 0 Å². The van der Waals surface area contributed by atoms with Crippen LogP contribution in [-0.2, 0) is 0 Å². The van der Waals surface area contributed by atoms with E-state index in [2.05, 4.69) is 31.9 Å². The Morgan fingerprint density at radius 2 is 2.17 bits per heavy atom. The second kappa shape index (κ2) is 5.60. The van der Waals surface area contributed by atoms with E-state index in [0.717, 1.165) is 23.4 Å². The Bertz CT molecular complexity index is 419. The van der Waals surface area contributed by atoms with E-state index in [-0.39, 0.29) is 0 Å². The Labute approximate surface area is 115 Å². The maximum Gasteiger partial charge on any atom is 0.0470 e. The van der Waals surface area contributed by atoms with Gasteiger partial charge in [-0.05, 0) is 55.5 Å². The number of nitrogens with zero attached hydrogens (tertiary/aromatic N) is 1. The number of halogens is 1. The van der Waals surface area contributed by atoms with Crippen LogP contribution in [0.3, 0.4) is 0 Å². The van der Waals surface area contributed by atoms with Crippen LogP contribution < -0.4 is 5.73 Å². The highest BCUT2D eigenvalue weighted by Crippen LogP contribution is 2.39. The van der Waals surface area contributed by atoms with Gasteiger partial charge in [-0.3, -0.25) is 4.90 Å². The third-order valence-electron chi connectivity index (χ3n) is 4.14. The van der Waals surface area contributed by atoms with Gasteiger partial charge in [0, 0.05) is 24.2 Å². The fourth-order valence-electron chi connectivity index (χ4n) is 2.71. The molecule has 0 heterocycles. The van der Waals surface area contributed by atoms with Crippen molar-refractivity contribution in [3.8, 4) is 0 Å². The van der Waals surface area contributed by atoms with Gasteiger partial charge in [0.05, 0.1) is 0 Å². The van der Waals surface area contributed by atoms with Crippen LogP contribution in [0, 0.1) is 18.8 Å². The van der Waals surface area contributed by atoms with Gasteiger partial charge >= 0.3 is 0 Å². The van der Waals surface area contributed by atoms with E-state index in [1.165, 1.54) is 17.5 Å². The van der Waals surface area contributed by atoms with Gasteiger partial charge in [-0.1, -0.05) is 24.6 Å². The first-order valence-electron chi connectivity index (χ1n) is 6.69. The summed E-state index contributed by atoms with van der Waals surface area (Å²) in [6, 6.07) is 6.39. The lowest BCUT2D eigenvalue weighted by Gasteiger charge is -2.28. The van der Waals surface area contributed by atoms with E-state index in [4.69, 9.17) is 17.3 Å². The lowest BCUT2D eigenvalue weighted by atomic mass is 10.00. The zero-order chi connectivity index (χ0) is 13.3. The van der Waals surface area contributed by atoms with Gasteiger partial charge in [-0.25, -0.2) is 0 Å². The van der Waals surface area contributed by atoms with Gasteiger partial charge < -0.3 is 5.73 Å². The minimum absolute atomic E-state index is 0.301. The smallest absolute Gasteiger partial charge is 0.0470 e. The third-order valence-corrected chi connectivity index (χ3v) is 4.38. The molecule has 0 radical (unpaired) electrons. The molecule has 3 heteroatoms. The summed E-state index contributed by atoms with van der Waals surface area (Å²) in [5.74, 6) is 1.74. The fourth-order valence-corrected chi connectivity index (χ4v) is 2.93. The molecule has 0 spiro atoms. The molecule has 0 bridgehead atoms. The molecule has 3 unspecified atom stereocenters. The molecule has 2 N–H and O–H groups in total. The van der Waals surface area contributed by atoms with Crippen molar-refractivity contribution < 1.29 is 0 Å². The molecule has 1 aromatic carbocycles. The highest BCUT2D eigenvalue weighted by Gasteiger charge is 2.34. The summed E-state index contributed by atoms with van der Waals surface area (Å²) in [4.78, 5) is 2.39. The first-order chi connectivity index (χ1) is 8.52. The molecule has 1 fully saturated rings. The molecular weight excluding hydrogens is 244 g/mol. The first kappa shape index (κ1) is 13.9. The van der Waals surface area contributed by atoms with Gasteiger partial charge in [0.1, 0.15) is 0 Å². The summed E-state index contributed by atoms with van der Waals surface area (Å²) >= 11 is 6.01. The van der Waals surface area contributed by atoms with Crippen LogP contribution >= 0.6 is 11.6 Å². The Hall–Kier alpha value is -0.570. The Kier molecular flexibility index (Phi) is 4.31. The molecule has 2 rings (SSSR count). The van der Waals surface area contributed by atoms with E-state index in [1.54, 1.807) is 0 Å². The zero-order valence-electron chi connectivity index (χ0n) is 11.5. The van der Waals surface area contributed by atoms with E-state index >= 15 is 0 Å². The maximum atomic E-state index is 6.01. The predicted molar refractivity (Wildman–Crippen MR) is 77.9 cm³/mol. The Morgan fingerprint density at radius 3 is 2.67 bits per heavy atom. The van der Waals surface area contributed by atoms with Gasteiger partial charge in [0.25, 0.3) is 0 Å². The van der Waals surface area contributed by atoms with Gasteiger partial charge in [0.15, 0.2) is 0 Å². The first-order valence-corrected chi connectivity index (χ1v) is 7.07. The second-order valence-corrected chi connectivity index (χ2v) is 6.10. The van der Waals surface area contributed by atoms with Crippen molar-refractivity contribution in [2.45, 2.75) is 26.3 Å². The van der Waals surface area contributed by atoms with Crippen molar-refractivity contribution in [1.29, 1.82) is 0 Å². The van der Waals surface area contributed by atoms with Gasteiger partial charge in [-0.15, -0.1) is 0 Å². The van der Waals surface area contributed by atoms with Crippen molar-refractivity contribution in [3.63, 3.8) is 0 Å². The summed E-state index contributed by atoms with van der Waals surface area (Å²) in [6.45, 7) is 6.23. The summed E-state index contributed by atoms with van der Waals surface area (Å²) in [6.07, 6.45) is 1.36. The topological polar surface area (TPSA) is 29.3 Å². The maximum absolute atomic E-state index is 6.01. The molecule has 1 saturated carbocycles. The summed E-state index contributed by atoms with van der Waals surface area (Å²) in [5, 5.41) is 0.797. The second-order valence-electron chi connectivity index (χ2n) is 5.67. The summed E-state index contributed by atoms with van der Waals surface area (Å²) in [7, 11) is 2.18. The molecule has 0 saturated heterocycles. The van der Waals surface area contributed by atoms with Crippen molar-refractivity contribution in [3.05, 3.63) is 34.3 Å². The van der Waals surface area contributed by atoms with E-state index in [0.29, 0.717) is 12.6 Å². The molecule has 0 aromatic heterocycles. The molecule has 100 valence electrons. The highest BCUT2D eigenvalue weighted by molar-refractivity contribution is 6.30. The summed E-state index contributed by atoms with van der Waals surface area (Å²) < 4.78 is 0. The number of rotatable bonds is 5. The minimum Gasteiger partial charge on any atom is -0.329 e. The van der Waals surface area contributed by atoms with E-state index in [1.807, 2.05) is 12.1 Å². The molecule has 0 aliphatic heterocycles. The number of nitrogens with two attached hydrogens (primary N) is 1. The van der Waals surface area contributed by atoms with Crippen LogP contribution in [0.1, 0.15) is 30.5 Å². The standard InChI is InChI=1S/C15H23ClN2/c1-10-6-12(10)9-18(3)15(8-17)14-5-4-13(16)7-11(14)2/h4-5,7,10,12,15H,6,8-9,17H2,1-3H3. The predicted octanol–water partition coefficient (Wildman–Crippen LogP) is 3.24. The average Bonchev–Trinajstić information content (AvgIpc) is 2.98. The molecule has 18 heavy (non-hydrogen) atoms. The molecule has 2 nitrogen and oxygen atoms in total. The number of likely N-dealkylation sites (N-methyl/N-ethyl adjacent to an activating group) is 1. The highest BCUT2D eigenvalue weighted by atomic mass is 35.5. The lowest BCUT2D eigenvalue weighted by Crippen LogP contribution is -2.32. The molecule has 1 aliphatic carbocycles. The number of aryl methyl sites for hydroxylation is 1. The lowest BCUT2D eigenvalue weighted by molar-refractivity contribution is 0.236. The number of hydrogen-bond acceptors (Lipinski definition) is 2. The van der Waals surface area contributed by atoms with Crippen molar-refractivity contribution >= 4 is 11.6 Å². The molecular formula is C15H23ClN2. The molecule has 3 atom stereocenters. The molecule has 0 amide bonds. The number of benzene rings is 1. The van der Waals surface area contributed by atoms with Crippen LogP contribution in [0.4, 0.5) is 0 Å². The van der Waals surface area contributed by atoms with E-state index < -0.39 is 0 Å².